The van der Waals surface area contributed by atoms with Crippen LogP contribution >= 0.6 is 0 Å². The number of nitrogens with one attached hydrogen (secondary N) is 1. The fourth-order valence-corrected chi connectivity index (χ4v) is 2.01. The van der Waals surface area contributed by atoms with E-state index in [4.69, 9.17) is 0 Å². The van der Waals surface area contributed by atoms with E-state index in [1.165, 1.54) is 0 Å². The lowest BCUT2D eigenvalue weighted by Crippen LogP contribution is -2.45. The van der Waals surface area contributed by atoms with Gasteiger partial charge >= 0.3 is 0 Å². The highest BCUT2D eigenvalue weighted by molar-refractivity contribution is 4.98. The molecule has 2 heteroatoms. The zero-order valence-corrected chi connectivity index (χ0v) is 10.2. The molecule has 0 radical (unpaired) electrons. The Morgan fingerprint density at radius 1 is 1.20 bits per heavy atom. The summed E-state index contributed by atoms with van der Waals surface area (Å²) in [5.41, 5.74) is -0.0829. The maximum Gasteiger partial charge on any atom is 0.0772 e. The lowest BCUT2D eigenvalue weighted by atomic mass is 9.71. The van der Waals surface area contributed by atoms with Crippen molar-refractivity contribution in [3.63, 3.8) is 0 Å². The van der Waals surface area contributed by atoms with Gasteiger partial charge in [-0.2, -0.15) is 0 Å². The van der Waals surface area contributed by atoms with Gasteiger partial charge in [-0.05, 0) is 38.0 Å². The maximum atomic E-state index is 10.3. The van der Waals surface area contributed by atoms with Crippen LogP contribution in [-0.4, -0.2) is 23.8 Å². The van der Waals surface area contributed by atoms with Crippen molar-refractivity contribution in [2.45, 2.75) is 52.1 Å². The van der Waals surface area contributed by atoms with Crippen LogP contribution in [0.1, 0.15) is 46.5 Å². The van der Waals surface area contributed by atoms with Gasteiger partial charge in [0.05, 0.1) is 12.1 Å². The van der Waals surface area contributed by atoms with Gasteiger partial charge in [-0.3, -0.25) is 0 Å². The molecule has 1 aliphatic carbocycles. The summed E-state index contributed by atoms with van der Waals surface area (Å²) in [6.45, 7) is 7.75. The molecule has 0 atom stereocenters. The van der Waals surface area contributed by atoms with E-state index in [0.29, 0.717) is 18.5 Å². The molecule has 0 aromatic carbocycles. The number of aliphatic hydroxyl groups is 1. The molecular weight excluding hydrogens is 186 g/mol. The van der Waals surface area contributed by atoms with Crippen molar-refractivity contribution >= 4 is 0 Å². The second-order valence-electron chi connectivity index (χ2n) is 5.42. The molecule has 1 saturated carbocycles. The molecule has 2 nitrogen and oxygen atoms in total. The lowest BCUT2D eigenvalue weighted by molar-refractivity contribution is -0.0235. The third-order valence-electron chi connectivity index (χ3n) is 3.38. The molecule has 1 fully saturated rings. The van der Waals surface area contributed by atoms with Gasteiger partial charge in [0, 0.05) is 6.54 Å². The van der Waals surface area contributed by atoms with Gasteiger partial charge in [0.25, 0.3) is 0 Å². The van der Waals surface area contributed by atoms with Gasteiger partial charge in [-0.15, -0.1) is 5.92 Å². The summed E-state index contributed by atoms with van der Waals surface area (Å²) in [6.07, 6.45) is 4.05. The van der Waals surface area contributed by atoms with Crippen LogP contribution in [0.25, 0.3) is 0 Å². The Labute approximate surface area is 93.5 Å². The first kappa shape index (κ1) is 12.5. The first-order valence-corrected chi connectivity index (χ1v) is 5.80. The van der Waals surface area contributed by atoms with E-state index < -0.39 is 5.60 Å². The third kappa shape index (κ3) is 4.24. The first-order chi connectivity index (χ1) is 6.97. The molecule has 86 valence electrons. The molecule has 0 saturated heterocycles. The largest absolute Gasteiger partial charge is 0.389 e. The Hall–Kier alpha value is -0.520. The highest BCUT2D eigenvalue weighted by Crippen LogP contribution is 2.39. The molecule has 1 aliphatic rings. The van der Waals surface area contributed by atoms with Crippen molar-refractivity contribution < 1.29 is 5.11 Å². The Morgan fingerprint density at radius 2 is 1.80 bits per heavy atom. The molecule has 0 bridgehead atoms. The topological polar surface area (TPSA) is 32.3 Å². The van der Waals surface area contributed by atoms with E-state index in [-0.39, 0.29) is 0 Å². The highest BCUT2D eigenvalue weighted by atomic mass is 16.3. The van der Waals surface area contributed by atoms with Gasteiger partial charge in [0.1, 0.15) is 0 Å². The monoisotopic (exact) mass is 209 g/mol. The van der Waals surface area contributed by atoms with Crippen molar-refractivity contribution in [2.24, 2.45) is 5.41 Å². The minimum Gasteiger partial charge on any atom is -0.389 e. The van der Waals surface area contributed by atoms with Gasteiger partial charge in [-0.1, -0.05) is 19.8 Å². The normalized spacial score (nSPS) is 22.9. The van der Waals surface area contributed by atoms with Gasteiger partial charge in [0.15, 0.2) is 0 Å². The van der Waals surface area contributed by atoms with E-state index in [9.17, 15) is 5.11 Å². The second-order valence-corrected chi connectivity index (χ2v) is 5.42. The smallest absolute Gasteiger partial charge is 0.0772 e. The SMILES string of the molecule is CC#CCNCC1(O)CCC(C)(C)CC1. The van der Waals surface area contributed by atoms with Crippen molar-refractivity contribution in [2.75, 3.05) is 13.1 Å². The molecule has 0 amide bonds. The average Bonchev–Trinajstić information content (AvgIpc) is 2.19. The third-order valence-corrected chi connectivity index (χ3v) is 3.38. The van der Waals surface area contributed by atoms with E-state index >= 15 is 0 Å². The summed E-state index contributed by atoms with van der Waals surface area (Å²) in [6, 6.07) is 0. The molecule has 0 heterocycles. The number of hydrogen-bond donors (Lipinski definition) is 2. The van der Waals surface area contributed by atoms with Crippen LogP contribution in [0.3, 0.4) is 0 Å². The van der Waals surface area contributed by atoms with Crippen LogP contribution < -0.4 is 5.32 Å². The standard InChI is InChI=1S/C13H23NO/c1-4-5-10-14-11-13(15)8-6-12(2,3)7-9-13/h14-15H,6-11H2,1-3H3. The van der Waals surface area contributed by atoms with E-state index in [0.717, 1.165) is 25.7 Å². The lowest BCUT2D eigenvalue weighted by Gasteiger charge is -2.40. The first-order valence-electron chi connectivity index (χ1n) is 5.80. The van der Waals surface area contributed by atoms with Crippen LogP contribution in [-0.2, 0) is 0 Å². The Morgan fingerprint density at radius 3 is 2.33 bits per heavy atom. The Kier molecular flexibility index (Phi) is 4.19. The molecule has 0 aromatic rings. The quantitative estimate of drug-likeness (QED) is 0.550. The number of hydrogen-bond acceptors (Lipinski definition) is 2. The van der Waals surface area contributed by atoms with Crippen molar-refractivity contribution in [1.82, 2.24) is 5.32 Å². The summed E-state index contributed by atoms with van der Waals surface area (Å²) >= 11 is 0. The molecule has 0 aromatic heterocycles. The molecule has 15 heavy (non-hydrogen) atoms. The molecule has 0 unspecified atom stereocenters. The van der Waals surface area contributed by atoms with Crippen LogP contribution in [0, 0.1) is 17.3 Å². The second kappa shape index (κ2) is 5.01. The summed E-state index contributed by atoms with van der Waals surface area (Å²) in [4.78, 5) is 0. The predicted molar refractivity (Wildman–Crippen MR) is 63.5 cm³/mol. The highest BCUT2D eigenvalue weighted by Gasteiger charge is 2.35. The Bertz CT molecular complexity index is 249. The van der Waals surface area contributed by atoms with Gasteiger partial charge < -0.3 is 10.4 Å². The summed E-state index contributed by atoms with van der Waals surface area (Å²) in [5.74, 6) is 5.79. The van der Waals surface area contributed by atoms with E-state index in [1.54, 1.807) is 0 Å². The zero-order chi connectivity index (χ0) is 11.4. The van der Waals surface area contributed by atoms with Crippen molar-refractivity contribution in [3.8, 4) is 11.8 Å². The molecule has 1 rings (SSSR count). The van der Waals surface area contributed by atoms with Gasteiger partial charge in [0.2, 0.25) is 0 Å². The molecule has 0 spiro atoms. The Balaban J connectivity index is 2.31. The summed E-state index contributed by atoms with van der Waals surface area (Å²) in [5, 5.41) is 13.5. The molecule has 2 N–H and O–H groups in total. The van der Waals surface area contributed by atoms with Crippen LogP contribution in [0.4, 0.5) is 0 Å². The average molecular weight is 209 g/mol. The molecular formula is C13H23NO. The summed E-state index contributed by atoms with van der Waals surface area (Å²) < 4.78 is 0. The minimum absolute atomic E-state index is 0.412. The number of rotatable bonds is 3. The van der Waals surface area contributed by atoms with Gasteiger partial charge in [-0.25, -0.2) is 0 Å². The fraction of sp³-hybridized carbons (Fsp3) is 0.846. The van der Waals surface area contributed by atoms with E-state index in [2.05, 4.69) is 31.0 Å². The maximum absolute atomic E-state index is 10.3. The predicted octanol–water partition coefficient (Wildman–Crippen LogP) is 1.93. The van der Waals surface area contributed by atoms with E-state index in [1.807, 2.05) is 6.92 Å². The van der Waals surface area contributed by atoms with Crippen molar-refractivity contribution in [1.29, 1.82) is 0 Å². The van der Waals surface area contributed by atoms with Crippen LogP contribution in [0.5, 0.6) is 0 Å². The zero-order valence-electron chi connectivity index (χ0n) is 10.2. The van der Waals surface area contributed by atoms with Crippen molar-refractivity contribution in [3.05, 3.63) is 0 Å². The van der Waals surface area contributed by atoms with Crippen LogP contribution in [0.2, 0.25) is 0 Å². The minimum atomic E-state index is -0.495. The summed E-state index contributed by atoms with van der Waals surface area (Å²) in [7, 11) is 0. The molecule has 0 aliphatic heterocycles. The van der Waals surface area contributed by atoms with Crippen LogP contribution in [0.15, 0.2) is 0 Å². The fourth-order valence-electron chi connectivity index (χ4n) is 2.01.